The van der Waals surface area contributed by atoms with Gasteiger partial charge in [0.15, 0.2) is 0 Å². The first-order valence-corrected chi connectivity index (χ1v) is 6.53. The number of nitro benzene ring substituents is 1. The molecular formula is C12H8BrNO3S. The summed E-state index contributed by atoms with van der Waals surface area (Å²) in [7, 11) is 0. The molecule has 4 nitrogen and oxygen atoms in total. The van der Waals surface area contributed by atoms with Gasteiger partial charge in [-0.15, -0.1) is 0 Å². The Bertz CT molecular complexity index is 560. The molecule has 92 valence electrons. The molecule has 0 aliphatic carbocycles. The van der Waals surface area contributed by atoms with E-state index < -0.39 is 4.92 Å². The van der Waals surface area contributed by atoms with Gasteiger partial charge in [-0.3, -0.25) is 10.1 Å². The second-order valence-corrected chi connectivity index (χ2v) is 5.10. The van der Waals surface area contributed by atoms with Gasteiger partial charge < -0.3 is 4.18 Å². The first kappa shape index (κ1) is 12.9. The van der Waals surface area contributed by atoms with Crippen LogP contribution in [0.25, 0.3) is 0 Å². The molecule has 0 unspecified atom stereocenters. The second-order valence-electron chi connectivity index (χ2n) is 3.38. The molecule has 0 heterocycles. The summed E-state index contributed by atoms with van der Waals surface area (Å²) in [6, 6.07) is 13.7. The Morgan fingerprint density at radius 3 is 2.50 bits per heavy atom. The molecule has 0 spiro atoms. The van der Waals surface area contributed by atoms with Gasteiger partial charge in [0, 0.05) is 21.5 Å². The van der Waals surface area contributed by atoms with Gasteiger partial charge in [0.05, 0.1) is 17.0 Å². The van der Waals surface area contributed by atoms with E-state index in [1.54, 1.807) is 12.1 Å². The average molecular weight is 326 g/mol. The number of rotatable bonds is 4. The summed E-state index contributed by atoms with van der Waals surface area (Å²) in [4.78, 5) is 10.9. The maximum atomic E-state index is 10.5. The lowest BCUT2D eigenvalue weighted by Gasteiger charge is -2.03. The zero-order valence-electron chi connectivity index (χ0n) is 9.08. The Kier molecular flexibility index (Phi) is 4.22. The van der Waals surface area contributed by atoms with Crippen LogP contribution in [0.1, 0.15) is 0 Å². The van der Waals surface area contributed by atoms with Crippen molar-refractivity contribution in [3.05, 3.63) is 63.1 Å². The van der Waals surface area contributed by atoms with Crippen LogP contribution in [0, 0.1) is 10.1 Å². The van der Waals surface area contributed by atoms with Gasteiger partial charge in [0.1, 0.15) is 5.75 Å². The molecule has 0 saturated carbocycles. The minimum Gasteiger partial charge on any atom is -0.421 e. The van der Waals surface area contributed by atoms with E-state index in [0.717, 1.165) is 21.4 Å². The van der Waals surface area contributed by atoms with Crippen LogP contribution in [0.2, 0.25) is 0 Å². The second kappa shape index (κ2) is 5.88. The molecule has 18 heavy (non-hydrogen) atoms. The Balaban J connectivity index is 2.00. The van der Waals surface area contributed by atoms with Crippen LogP contribution in [-0.4, -0.2) is 4.92 Å². The molecule has 0 fully saturated rings. The highest BCUT2D eigenvalue weighted by atomic mass is 79.9. The maximum Gasteiger partial charge on any atom is 0.269 e. The maximum absolute atomic E-state index is 10.5. The van der Waals surface area contributed by atoms with Crippen molar-refractivity contribution in [2.45, 2.75) is 4.90 Å². The number of hydrogen-bond acceptors (Lipinski definition) is 4. The molecule has 2 aromatic rings. The van der Waals surface area contributed by atoms with Crippen LogP contribution in [0.3, 0.4) is 0 Å². The molecule has 0 aliphatic heterocycles. The van der Waals surface area contributed by atoms with Crippen molar-refractivity contribution in [2.24, 2.45) is 0 Å². The molecule has 0 atom stereocenters. The molecule has 6 heteroatoms. The fraction of sp³-hybridized carbons (Fsp3) is 0. The summed E-state index contributed by atoms with van der Waals surface area (Å²) >= 11 is 4.51. The van der Waals surface area contributed by atoms with Gasteiger partial charge in [-0.2, -0.15) is 0 Å². The molecule has 2 rings (SSSR count). The molecule has 0 aliphatic rings. The van der Waals surface area contributed by atoms with Crippen LogP contribution in [0.15, 0.2) is 57.9 Å². The molecule has 0 radical (unpaired) electrons. The van der Waals surface area contributed by atoms with Gasteiger partial charge in [0.25, 0.3) is 5.69 Å². The van der Waals surface area contributed by atoms with Crippen LogP contribution >= 0.6 is 28.0 Å². The Morgan fingerprint density at radius 1 is 1.17 bits per heavy atom. The van der Waals surface area contributed by atoms with Crippen molar-refractivity contribution >= 4 is 33.7 Å². The average Bonchev–Trinajstić information content (AvgIpc) is 2.37. The Hall–Kier alpha value is -1.53. The lowest BCUT2D eigenvalue weighted by atomic mass is 10.3. The first-order valence-electron chi connectivity index (χ1n) is 5.00. The lowest BCUT2D eigenvalue weighted by molar-refractivity contribution is -0.384. The third-order valence-corrected chi connectivity index (χ3v) is 3.31. The predicted molar refractivity (Wildman–Crippen MR) is 73.7 cm³/mol. The first-order chi connectivity index (χ1) is 8.65. The zero-order chi connectivity index (χ0) is 13.0. The van der Waals surface area contributed by atoms with E-state index in [2.05, 4.69) is 15.9 Å². The van der Waals surface area contributed by atoms with Crippen molar-refractivity contribution < 1.29 is 9.11 Å². The minimum atomic E-state index is -0.427. The smallest absolute Gasteiger partial charge is 0.269 e. The summed E-state index contributed by atoms with van der Waals surface area (Å²) in [6.45, 7) is 0. The standard InChI is InChI=1S/C12H8BrNO3S/c13-9-2-1-3-11(8-9)17-18-12-6-4-10(5-7-12)14(15)16/h1-8H. The molecule has 0 bridgehead atoms. The Labute approximate surface area is 116 Å². The number of hydrogen-bond donors (Lipinski definition) is 0. The van der Waals surface area contributed by atoms with E-state index in [1.807, 2.05) is 24.3 Å². The molecular weight excluding hydrogens is 318 g/mol. The van der Waals surface area contributed by atoms with Crippen molar-refractivity contribution in [3.8, 4) is 5.75 Å². The van der Waals surface area contributed by atoms with Gasteiger partial charge in [0.2, 0.25) is 0 Å². The van der Waals surface area contributed by atoms with Crippen molar-refractivity contribution in [3.63, 3.8) is 0 Å². The van der Waals surface area contributed by atoms with E-state index in [0.29, 0.717) is 5.75 Å². The van der Waals surface area contributed by atoms with Gasteiger partial charge in [-0.25, -0.2) is 0 Å². The highest BCUT2D eigenvalue weighted by Gasteiger charge is 2.05. The number of benzene rings is 2. The number of nitrogens with zero attached hydrogens (tertiary/aromatic N) is 1. The number of non-ortho nitro benzene ring substituents is 1. The Morgan fingerprint density at radius 2 is 1.89 bits per heavy atom. The summed E-state index contributed by atoms with van der Waals surface area (Å²) in [5.41, 5.74) is 0.0711. The van der Waals surface area contributed by atoms with Gasteiger partial charge in [-0.05, 0) is 30.3 Å². The molecule has 2 aromatic carbocycles. The summed E-state index contributed by atoms with van der Waals surface area (Å²) in [6.07, 6.45) is 0. The minimum absolute atomic E-state index is 0.0711. The van der Waals surface area contributed by atoms with Crippen LogP contribution in [-0.2, 0) is 0 Å². The SMILES string of the molecule is O=[N+]([O-])c1ccc(SOc2cccc(Br)c2)cc1. The van der Waals surface area contributed by atoms with E-state index >= 15 is 0 Å². The normalized spacial score (nSPS) is 10.1. The van der Waals surface area contributed by atoms with Crippen LogP contribution < -0.4 is 4.18 Å². The monoisotopic (exact) mass is 325 g/mol. The number of halogens is 1. The quantitative estimate of drug-likeness (QED) is 0.473. The van der Waals surface area contributed by atoms with Gasteiger partial charge in [-0.1, -0.05) is 22.0 Å². The highest BCUT2D eigenvalue weighted by Crippen LogP contribution is 2.26. The molecule has 0 saturated heterocycles. The van der Waals surface area contributed by atoms with Crippen molar-refractivity contribution in [2.75, 3.05) is 0 Å². The number of nitro groups is 1. The van der Waals surface area contributed by atoms with Gasteiger partial charge >= 0.3 is 0 Å². The molecule has 0 N–H and O–H groups in total. The lowest BCUT2D eigenvalue weighted by Crippen LogP contribution is -1.87. The molecule has 0 amide bonds. The molecule has 0 aromatic heterocycles. The summed E-state index contributed by atoms with van der Waals surface area (Å²) in [5.74, 6) is 0.715. The third kappa shape index (κ3) is 3.48. The van der Waals surface area contributed by atoms with Crippen LogP contribution in [0.4, 0.5) is 5.69 Å². The van der Waals surface area contributed by atoms with Crippen molar-refractivity contribution in [1.82, 2.24) is 0 Å². The predicted octanol–water partition coefficient (Wildman–Crippen LogP) is 4.44. The third-order valence-electron chi connectivity index (χ3n) is 2.08. The topological polar surface area (TPSA) is 52.4 Å². The fourth-order valence-electron chi connectivity index (χ4n) is 1.24. The van der Waals surface area contributed by atoms with E-state index in [4.69, 9.17) is 4.18 Å². The highest BCUT2D eigenvalue weighted by molar-refractivity contribution is 9.10. The van der Waals surface area contributed by atoms with Crippen molar-refractivity contribution in [1.29, 1.82) is 0 Å². The van der Waals surface area contributed by atoms with E-state index in [1.165, 1.54) is 12.1 Å². The zero-order valence-corrected chi connectivity index (χ0v) is 11.5. The fourth-order valence-corrected chi connectivity index (χ4v) is 2.16. The van der Waals surface area contributed by atoms with E-state index in [-0.39, 0.29) is 5.69 Å². The van der Waals surface area contributed by atoms with Crippen LogP contribution in [0.5, 0.6) is 5.75 Å². The summed E-state index contributed by atoms with van der Waals surface area (Å²) in [5, 5.41) is 10.5. The van der Waals surface area contributed by atoms with E-state index in [9.17, 15) is 10.1 Å². The largest absolute Gasteiger partial charge is 0.421 e. The summed E-state index contributed by atoms with van der Waals surface area (Å²) < 4.78 is 6.42.